The first kappa shape index (κ1) is 20.5. The average molecular weight is 308 g/mol. The van der Waals surface area contributed by atoms with E-state index in [0.717, 1.165) is 0 Å². The number of rotatable bonds is 8. The van der Waals surface area contributed by atoms with E-state index in [9.17, 15) is 10.5 Å². The highest BCUT2D eigenvalue weighted by Crippen LogP contribution is 2.30. The number of hydrogen-bond donors (Lipinski definition) is 0. The van der Waals surface area contributed by atoms with Crippen LogP contribution in [0.5, 0.6) is 0 Å². The van der Waals surface area contributed by atoms with Gasteiger partial charge in [-0.05, 0) is 41.5 Å². The first-order chi connectivity index (χ1) is 10.1. The van der Waals surface area contributed by atoms with Crippen LogP contribution in [-0.4, -0.2) is 38.5 Å². The maximum absolute atomic E-state index is 9.35. The fourth-order valence-corrected chi connectivity index (χ4v) is 2.18. The van der Waals surface area contributed by atoms with Gasteiger partial charge in [0, 0.05) is 14.2 Å². The molecular weight excluding hydrogens is 280 g/mol. The van der Waals surface area contributed by atoms with Crippen LogP contribution in [0, 0.1) is 33.5 Å². The molecule has 0 aromatic carbocycles. The average Bonchev–Trinajstić information content (AvgIpc) is 2.49. The van der Waals surface area contributed by atoms with Crippen molar-refractivity contribution in [3.05, 3.63) is 0 Å². The Bertz CT molecular complexity index is 418. The van der Waals surface area contributed by atoms with Crippen LogP contribution in [0.25, 0.3) is 0 Å². The molecule has 0 saturated heterocycles. The summed E-state index contributed by atoms with van der Waals surface area (Å²) in [5.74, 6) is 0. The molecule has 0 spiro atoms. The van der Waals surface area contributed by atoms with E-state index in [-0.39, 0.29) is 12.2 Å². The number of methoxy groups -OCH3 is 2. The Kier molecular flexibility index (Phi) is 7.66. The zero-order valence-corrected chi connectivity index (χ0v) is 14.9. The van der Waals surface area contributed by atoms with Gasteiger partial charge < -0.3 is 9.47 Å². The van der Waals surface area contributed by atoms with Gasteiger partial charge in [-0.1, -0.05) is 0 Å². The molecule has 124 valence electrons. The molecule has 0 aliphatic rings. The quantitative estimate of drug-likeness (QED) is 0.643. The lowest BCUT2D eigenvalue weighted by Gasteiger charge is -2.31. The molecule has 0 aromatic heterocycles. The fraction of sp³-hybridized carbons (Fsp3) is 0.875. The lowest BCUT2D eigenvalue weighted by Crippen LogP contribution is -2.39. The van der Waals surface area contributed by atoms with Crippen molar-refractivity contribution < 1.29 is 9.47 Å². The molecule has 0 aliphatic carbocycles. The number of azo groups is 1. The minimum atomic E-state index is -0.726. The van der Waals surface area contributed by atoms with Gasteiger partial charge in [0.1, 0.15) is 12.1 Å². The molecule has 6 nitrogen and oxygen atoms in total. The van der Waals surface area contributed by atoms with Crippen LogP contribution in [0.4, 0.5) is 0 Å². The highest BCUT2D eigenvalue weighted by Gasteiger charge is 2.38. The van der Waals surface area contributed by atoms with Gasteiger partial charge in [-0.2, -0.15) is 20.8 Å². The molecule has 0 bridgehead atoms. The second kappa shape index (κ2) is 8.22. The van der Waals surface area contributed by atoms with Gasteiger partial charge in [0.05, 0.1) is 35.2 Å². The predicted octanol–water partition coefficient (Wildman–Crippen LogP) is 3.35. The number of nitriles is 2. The molecule has 0 rings (SSSR count). The Balaban J connectivity index is 5.61. The molecule has 22 heavy (non-hydrogen) atoms. The third-order valence-electron chi connectivity index (χ3n) is 4.00. The van der Waals surface area contributed by atoms with Crippen molar-refractivity contribution in [2.24, 2.45) is 21.1 Å². The van der Waals surface area contributed by atoms with Crippen LogP contribution in [0.15, 0.2) is 10.2 Å². The summed E-state index contributed by atoms with van der Waals surface area (Å²) in [7, 11) is 3.16. The van der Waals surface area contributed by atoms with Crippen LogP contribution in [0.3, 0.4) is 0 Å². The maximum atomic E-state index is 9.35. The Morgan fingerprint density at radius 3 is 1.23 bits per heavy atom. The molecule has 0 heterocycles. The van der Waals surface area contributed by atoms with Crippen molar-refractivity contribution in [2.45, 2.75) is 65.8 Å². The number of nitrogens with zero attached hydrogens (tertiary/aromatic N) is 4. The molecule has 0 aromatic rings. The topological polar surface area (TPSA) is 90.8 Å². The van der Waals surface area contributed by atoms with E-state index in [2.05, 4.69) is 22.4 Å². The molecule has 4 unspecified atom stereocenters. The summed E-state index contributed by atoms with van der Waals surface area (Å²) in [6.45, 7) is 10.9. The molecule has 4 atom stereocenters. The summed E-state index contributed by atoms with van der Waals surface area (Å²) in [6, 6.07) is 3.64. The minimum absolute atomic E-state index is 0.262. The van der Waals surface area contributed by atoms with Gasteiger partial charge in [-0.15, -0.1) is 0 Å². The smallest absolute Gasteiger partial charge is 0.115 e. The van der Waals surface area contributed by atoms with Crippen LogP contribution in [0.1, 0.15) is 41.5 Å². The standard InChI is InChI=1S/C16H28N4O2/c1-11(21-7)13(15(3,4)9-17)19-20-14(12(2)22-8)16(5,6)10-18/h11-14H,1-8H3. The van der Waals surface area contributed by atoms with Gasteiger partial charge in [0.25, 0.3) is 0 Å². The summed E-state index contributed by atoms with van der Waals surface area (Å²) in [6.07, 6.45) is -0.524. The molecule has 6 heteroatoms. The molecule has 0 fully saturated rings. The second-order valence-electron chi connectivity index (χ2n) is 6.67. The first-order valence-electron chi connectivity index (χ1n) is 7.35. The maximum Gasteiger partial charge on any atom is 0.115 e. The third-order valence-corrected chi connectivity index (χ3v) is 4.00. The summed E-state index contributed by atoms with van der Waals surface area (Å²) in [5, 5.41) is 27.4. The van der Waals surface area contributed by atoms with Crippen LogP contribution >= 0.6 is 0 Å². The largest absolute Gasteiger partial charge is 0.379 e. The molecule has 0 aliphatic heterocycles. The molecule has 0 N–H and O–H groups in total. The summed E-state index contributed by atoms with van der Waals surface area (Å²) in [4.78, 5) is 0. The van der Waals surface area contributed by atoms with Crippen molar-refractivity contribution in [2.75, 3.05) is 14.2 Å². The van der Waals surface area contributed by atoms with Crippen molar-refractivity contribution in [3.63, 3.8) is 0 Å². The van der Waals surface area contributed by atoms with Crippen molar-refractivity contribution >= 4 is 0 Å². The monoisotopic (exact) mass is 308 g/mol. The molecule has 0 saturated carbocycles. The SMILES string of the molecule is COC(C)C(N=NC(C(C)OC)C(C)(C)C#N)C(C)(C)C#N. The van der Waals surface area contributed by atoms with E-state index in [4.69, 9.17) is 9.47 Å². The highest BCUT2D eigenvalue weighted by molar-refractivity contribution is 5.05. The highest BCUT2D eigenvalue weighted by atomic mass is 16.5. The fourth-order valence-electron chi connectivity index (χ4n) is 2.18. The van der Waals surface area contributed by atoms with Crippen LogP contribution in [-0.2, 0) is 9.47 Å². The minimum Gasteiger partial charge on any atom is -0.379 e. The summed E-state index contributed by atoms with van der Waals surface area (Å²) < 4.78 is 10.7. The lowest BCUT2D eigenvalue weighted by molar-refractivity contribution is 0.0521. The Hall–Kier alpha value is -1.50. The van der Waals surface area contributed by atoms with Gasteiger partial charge in [-0.25, -0.2) is 0 Å². The Morgan fingerprint density at radius 2 is 1.05 bits per heavy atom. The van der Waals surface area contributed by atoms with Gasteiger partial charge in [0.2, 0.25) is 0 Å². The lowest BCUT2D eigenvalue weighted by atomic mass is 9.83. The number of hydrogen-bond acceptors (Lipinski definition) is 6. The molecular formula is C16H28N4O2. The van der Waals surface area contributed by atoms with E-state index < -0.39 is 22.9 Å². The molecule has 0 amide bonds. The first-order valence-corrected chi connectivity index (χ1v) is 7.35. The summed E-state index contributed by atoms with van der Waals surface area (Å²) in [5.41, 5.74) is -1.45. The normalized spacial score (nSPS) is 18.3. The van der Waals surface area contributed by atoms with Crippen LogP contribution < -0.4 is 0 Å². The molecule has 0 radical (unpaired) electrons. The Morgan fingerprint density at radius 1 is 0.773 bits per heavy atom. The third kappa shape index (κ3) is 5.05. The van der Waals surface area contributed by atoms with Gasteiger partial charge >= 0.3 is 0 Å². The zero-order valence-electron chi connectivity index (χ0n) is 14.9. The van der Waals surface area contributed by atoms with Gasteiger partial charge in [-0.3, -0.25) is 0 Å². The van der Waals surface area contributed by atoms with Crippen molar-refractivity contribution in [1.29, 1.82) is 10.5 Å². The van der Waals surface area contributed by atoms with E-state index in [1.807, 2.05) is 13.8 Å². The summed E-state index contributed by atoms with van der Waals surface area (Å²) >= 11 is 0. The van der Waals surface area contributed by atoms with Crippen LogP contribution in [0.2, 0.25) is 0 Å². The van der Waals surface area contributed by atoms with Crippen molar-refractivity contribution in [3.8, 4) is 12.1 Å². The zero-order chi connectivity index (χ0) is 17.6. The predicted molar refractivity (Wildman–Crippen MR) is 84.2 cm³/mol. The van der Waals surface area contributed by atoms with E-state index in [1.165, 1.54) is 0 Å². The van der Waals surface area contributed by atoms with E-state index >= 15 is 0 Å². The van der Waals surface area contributed by atoms with Crippen molar-refractivity contribution in [1.82, 2.24) is 0 Å². The Labute approximate surface area is 134 Å². The van der Waals surface area contributed by atoms with Gasteiger partial charge in [0.15, 0.2) is 0 Å². The van der Waals surface area contributed by atoms with E-state index in [0.29, 0.717) is 0 Å². The number of ether oxygens (including phenoxy) is 2. The second-order valence-corrected chi connectivity index (χ2v) is 6.67. The van der Waals surface area contributed by atoms with E-state index in [1.54, 1.807) is 41.9 Å².